The van der Waals surface area contributed by atoms with Crippen LogP contribution in [-0.4, -0.2) is 37.3 Å². The van der Waals surface area contributed by atoms with Crippen LogP contribution in [0.2, 0.25) is 0 Å². The van der Waals surface area contributed by atoms with Crippen LogP contribution in [0, 0.1) is 5.82 Å². The average molecular weight is 256 g/mol. The predicted molar refractivity (Wildman–Crippen MR) is 73.8 cm³/mol. The zero-order chi connectivity index (χ0) is 12.8. The standard InChI is InChI=1S/C13H21FN2S/c1-10(15)13(17-9-8-16(2)3)11-4-6-12(14)7-5-11/h4-7,10,13H,8-9,15H2,1-3H3. The Labute approximate surface area is 107 Å². The summed E-state index contributed by atoms with van der Waals surface area (Å²) in [5.74, 6) is 0.826. The van der Waals surface area contributed by atoms with Crippen molar-refractivity contribution < 1.29 is 4.39 Å². The van der Waals surface area contributed by atoms with Crippen LogP contribution >= 0.6 is 11.8 Å². The van der Waals surface area contributed by atoms with E-state index in [9.17, 15) is 4.39 Å². The Morgan fingerprint density at radius 2 is 1.88 bits per heavy atom. The summed E-state index contributed by atoms with van der Waals surface area (Å²) in [4.78, 5) is 2.15. The summed E-state index contributed by atoms with van der Waals surface area (Å²) in [5.41, 5.74) is 7.10. The number of nitrogens with two attached hydrogens (primary N) is 1. The van der Waals surface area contributed by atoms with Gasteiger partial charge in [-0.25, -0.2) is 4.39 Å². The highest BCUT2D eigenvalue weighted by atomic mass is 32.2. The van der Waals surface area contributed by atoms with E-state index in [0.29, 0.717) is 0 Å². The van der Waals surface area contributed by atoms with E-state index in [2.05, 4.69) is 19.0 Å². The number of halogens is 1. The molecule has 1 aromatic carbocycles. The smallest absolute Gasteiger partial charge is 0.123 e. The quantitative estimate of drug-likeness (QED) is 0.848. The van der Waals surface area contributed by atoms with Gasteiger partial charge in [0.25, 0.3) is 0 Å². The van der Waals surface area contributed by atoms with Gasteiger partial charge in [-0.2, -0.15) is 11.8 Å². The van der Waals surface area contributed by atoms with Gasteiger partial charge in [-0.05, 0) is 38.7 Å². The molecule has 0 aliphatic carbocycles. The Bertz CT molecular complexity index is 325. The topological polar surface area (TPSA) is 29.3 Å². The number of hydrogen-bond donors (Lipinski definition) is 1. The number of rotatable bonds is 6. The molecule has 1 rings (SSSR count). The molecule has 0 heterocycles. The highest BCUT2D eigenvalue weighted by molar-refractivity contribution is 7.99. The molecule has 96 valence electrons. The molecule has 2 N–H and O–H groups in total. The zero-order valence-corrected chi connectivity index (χ0v) is 11.5. The predicted octanol–water partition coefficient (Wildman–Crippen LogP) is 2.51. The van der Waals surface area contributed by atoms with Crippen LogP contribution in [0.25, 0.3) is 0 Å². The van der Waals surface area contributed by atoms with E-state index in [4.69, 9.17) is 5.73 Å². The SMILES string of the molecule is CC(N)C(SCCN(C)C)c1ccc(F)cc1. The highest BCUT2D eigenvalue weighted by Gasteiger charge is 2.16. The molecule has 0 fully saturated rings. The summed E-state index contributed by atoms with van der Waals surface area (Å²) in [6.07, 6.45) is 0. The van der Waals surface area contributed by atoms with Gasteiger partial charge >= 0.3 is 0 Å². The third-order valence-corrected chi connectivity index (χ3v) is 3.99. The minimum Gasteiger partial charge on any atom is -0.327 e. The summed E-state index contributed by atoms with van der Waals surface area (Å²) in [6, 6.07) is 6.71. The van der Waals surface area contributed by atoms with Crippen molar-refractivity contribution >= 4 is 11.8 Å². The fourth-order valence-corrected chi connectivity index (χ4v) is 2.94. The van der Waals surface area contributed by atoms with Crippen molar-refractivity contribution in [2.24, 2.45) is 5.73 Å². The second-order valence-corrected chi connectivity index (χ2v) is 5.75. The molecule has 0 aromatic heterocycles. The van der Waals surface area contributed by atoms with E-state index in [0.717, 1.165) is 17.9 Å². The molecule has 2 unspecified atom stereocenters. The highest BCUT2D eigenvalue weighted by Crippen LogP contribution is 2.31. The molecule has 1 aromatic rings. The molecule has 2 nitrogen and oxygen atoms in total. The normalized spacial score (nSPS) is 14.9. The van der Waals surface area contributed by atoms with Gasteiger partial charge in [-0.3, -0.25) is 0 Å². The van der Waals surface area contributed by atoms with E-state index in [-0.39, 0.29) is 17.1 Å². The summed E-state index contributed by atoms with van der Waals surface area (Å²) in [6.45, 7) is 3.02. The Balaban J connectivity index is 2.62. The first kappa shape index (κ1) is 14.5. The maximum Gasteiger partial charge on any atom is 0.123 e. The van der Waals surface area contributed by atoms with Crippen molar-refractivity contribution in [1.82, 2.24) is 4.90 Å². The van der Waals surface area contributed by atoms with Crippen LogP contribution in [-0.2, 0) is 0 Å². The van der Waals surface area contributed by atoms with Crippen LogP contribution in [0.4, 0.5) is 4.39 Å². The van der Waals surface area contributed by atoms with E-state index in [1.54, 1.807) is 0 Å². The minimum absolute atomic E-state index is 0.0626. The van der Waals surface area contributed by atoms with E-state index < -0.39 is 0 Å². The first-order valence-corrected chi connectivity index (χ1v) is 6.83. The average Bonchev–Trinajstić information content (AvgIpc) is 2.25. The molecule has 0 spiro atoms. The van der Waals surface area contributed by atoms with Crippen LogP contribution in [0.1, 0.15) is 17.7 Å². The van der Waals surface area contributed by atoms with Crippen molar-refractivity contribution in [1.29, 1.82) is 0 Å². The molecule has 4 heteroatoms. The van der Waals surface area contributed by atoms with Crippen molar-refractivity contribution in [2.75, 3.05) is 26.4 Å². The molecule has 0 saturated heterocycles. The number of benzene rings is 1. The third kappa shape index (κ3) is 5.06. The second kappa shape index (κ2) is 6.99. The van der Waals surface area contributed by atoms with E-state index in [1.165, 1.54) is 12.1 Å². The van der Waals surface area contributed by atoms with Crippen LogP contribution in [0.15, 0.2) is 24.3 Å². The van der Waals surface area contributed by atoms with Gasteiger partial charge in [-0.15, -0.1) is 0 Å². The molecule has 0 amide bonds. The van der Waals surface area contributed by atoms with E-state index >= 15 is 0 Å². The van der Waals surface area contributed by atoms with Crippen molar-refractivity contribution in [3.8, 4) is 0 Å². The second-order valence-electron chi connectivity index (χ2n) is 4.51. The van der Waals surface area contributed by atoms with E-state index in [1.807, 2.05) is 30.8 Å². The lowest BCUT2D eigenvalue weighted by atomic mass is 10.1. The molecule has 17 heavy (non-hydrogen) atoms. The maximum atomic E-state index is 12.9. The molecule has 0 saturated carbocycles. The third-order valence-electron chi connectivity index (χ3n) is 2.51. The number of nitrogens with zero attached hydrogens (tertiary/aromatic N) is 1. The summed E-state index contributed by atoms with van der Waals surface area (Å²) >= 11 is 1.83. The molecular formula is C13H21FN2S. The lowest BCUT2D eigenvalue weighted by molar-refractivity contribution is 0.437. The van der Waals surface area contributed by atoms with Crippen LogP contribution in [0.3, 0.4) is 0 Å². The molecule has 2 atom stereocenters. The van der Waals surface area contributed by atoms with Gasteiger partial charge in [0.05, 0.1) is 0 Å². The minimum atomic E-state index is -0.199. The number of hydrogen-bond acceptors (Lipinski definition) is 3. The molecule has 0 bridgehead atoms. The summed E-state index contributed by atoms with van der Waals surface area (Å²) in [5, 5.41) is 0.232. The first-order chi connectivity index (χ1) is 8.00. The fraction of sp³-hybridized carbons (Fsp3) is 0.538. The van der Waals surface area contributed by atoms with Crippen LogP contribution in [0.5, 0.6) is 0 Å². The maximum absolute atomic E-state index is 12.9. The lowest BCUT2D eigenvalue weighted by Gasteiger charge is -2.21. The van der Waals surface area contributed by atoms with Crippen molar-refractivity contribution in [2.45, 2.75) is 18.2 Å². The Hall–Kier alpha value is -0.580. The fourth-order valence-electron chi connectivity index (χ4n) is 1.57. The molecule has 0 aliphatic rings. The molecular weight excluding hydrogens is 235 g/mol. The van der Waals surface area contributed by atoms with Gasteiger partial charge in [0, 0.05) is 23.6 Å². The Kier molecular flexibility index (Phi) is 5.95. The van der Waals surface area contributed by atoms with Gasteiger partial charge in [-0.1, -0.05) is 12.1 Å². The van der Waals surface area contributed by atoms with Gasteiger partial charge in [0.1, 0.15) is 5.82 Å². The Morgan fingerprint density at radius 1 is 1.29 bits per heavy atom. The van der Waals surface area contributed by atoms with Crippen molar-refractivity contribution in [3.05, 3.63) is 35.6 Å². The zero-order valence-electron chi connectivity index (χ0n) is 10.7. The van der Waals surface area contributed by atoms with Gasteiger partial charge in [0.15, 0.2) is 0 Å². The van der Waals surface area contributed by atoms with Gasteiger partial charge < -0.3 is 10.6 Å². The summed E-state index contributed by atoms with van der Waals surface area (Å²) in [7, 11) is 4.11. The van der Waals surface area contributed by atoms with Crippen molar-refractivity contribution in [3.63, 3.8) is 0 Å². The lowest BCUT2D eigenvalue weighted by Crippen LogP contribution is -2.24. The monoisotopic (exact) mass is 256 g/mol. The molecule has 0 aliphatic heterocycles. The van der Waals surface area contributed by atoms with Gasteiger partial charge in [0.2, 0.25) is 0 Å². The summed E-state index contributed by atoms with van der Waals surface area (Å²) < 4.78 is 12.9. The molecule has 0 radical (unpaired) electrons. The largest absolute Gasteiger partial charge is 0.327 e. The Morgan fingerprint density at radius 3 is 2.35 bits per heavy atom. The number of thioether (sulfide) groups is 1. The van der Waals surface area contributed by atoms with Crippen LogP contribution < -0.4 is 5.73 Å². The first-order valence-electron chi connectivity index (χ1n) is 5.78.